The molecule has 3 rings (SSSR count). The standard InChI is InChI=1S/C19H21N5O2S2/c1-13-6-8-14(9-7-13)20-16(25)11-23(2)17(26)12-28-19-22-21-18(24(19)3)15-5-4-10-27-15/h4-10H,11-12H2,1-3H3,(H,20,25). The third kappa shape index (κ3) is 4.99. The Morgan fingerprint density at radius 2 is 1.96 bits per heavy atom. The quantitative estimate of drug-likeness (QED) is 0.600. The minimum atomic E-state index is -0.233. The number of aromatic nitrogens is 3. The Morgan fingerprint density at radius 1 is 1.21 bits per heavy atom. The van der Waals surface area contributed by atoms with Crippen LogP contribution in [0.4, 0.5) is 5.69 Å². The summed E-state index contributed by atoms with van der Waals surface area (Å²) in [6.45, 7) is 1.97. The largest absolute Gasteiger partial charge is 0.336 e. The number of amides is 2. The lowest BCUT2D eigenvalue weighted by molar-refractivity contribution is -0.131. The second kappa shape index (κ2) is 9.03. The van der Waals surface area contributed by atoms with Crippen molar-refractivity contribution in [3.05, 3.63) is 47.3 Å². The molecule has 0 bridgehead atoms. The molecule has 2 aromatic heterocycles. The molecule has 1 N–H and O–H groups in total. The van der Waals surface area contributed by atoms with Crippen molar-refractivity contribution in [2.75, 3.05) is 24.7 Å². The van der Waals surface area contributed by atoms with Gasteiger partial charge in [-0.05, 0) is 30.5 Å². The number of thioether (sulfide) groups is 1. The van der Waals surface area contributed by atoms with E-state index in [1.807, 2.05) is 60.3 Å². The molecule has 0 saturated carbocycles. The predicted molar refractivity (Wildman–Crippen MR) is 112 cm³/mol. The van der Waals surface area contributed by atoms with Crippen molar-refractivity contribution in [1.82, 2.24) is 19.7 Å². The van der Waals surface area contributed by atoms with Gasteiger partial charge in [0.1, 0.15) is 0 Å². The lowest BCUT2D eigenvalue weighted by atomic mass is 10.2. The number of nitrogens with zero attached hydrogens (tertiary/aromatic N) is 4. The summed E-state index contributed by atoms with van der Waals surface area (Å²) in [6.07, 6.45) is 0. The molecule has 0 aliphatic rings. The van der Waals surface area contributed by atoms with Crippen LogP contribution in [0.1, 0.15) is 5.56 Å². The molecule has 0 aliphatic heterocycles. The third-order valence-electron chi connectivity index (χ3n) is 4.04. The number of hydrogen-bond donors (Lipinski definition) is 1. The Hall–Kier alpha value is -2.65. The summed E-state index contributed by atoms with van der Waals surface area (Å²) in [5.74, 6) is 0.578. The number of anilines is 1. The van der Waals surface area contributed by atoms with E-state index in [1.54, 1.807) is 18.4 Å². The average molecular weight is 416 g/mol. The molecule has 9 heteroatoms. The summed E-state index contributed by atoms with van der Waals surface area (Å²) < 4.78 is 1.87. The number of thiophene rings is 1. The fourth-order valence-electron chi connectivity index (χ4n) is 2.44. The molecule has 1 aromatic carbocycles. The number of rotatable bonds is 7. The molecule has 0 saturated heterocycles. The molecule has 3 aromatic rings. The molecule has 2 amide bonds. The van der Waals surface area contributed by atoms with E-state index in [4.69, 9.17) is 0 Å². The van der Waals surface area contributed by atoms with E-state index in [9.17, 15) is 9.59 Å². The Kier molecular flexibility index (Phi) is 6.48. The van der Waals surface area contributed by atoms with Gasteiger partial charge in [0.25, 0.3) is 0 Å². The van der Waals surface area contributed by atoms with Crippen molar-refractivity contribution in [3.63, 3.8) is 0 Å². The number of likely N-dealkylation sites (N-methyl/N-ethyl adjacent to an activating group) is 1. The van der Waals surface area contributed by atoms with Crippen LogP contribution < -0.4 is 5.32 Å². The molecule has 0 atom stereocenters. The molecule has 0 aliphatic carbocycles. The summed E-state index contributed by atoms with van der Waals surface area (Å²) in [6, 6.07) is 11.5. The van der Waals surface area contributed by atoms with E-state index >= 15 is 0 Å². The van der Waals surface area contributed by atoms with Crippen LogP contribution >= 0.6 is 23.1 Å². The molecular formula is C19H21N5O2S2. The van der Waals surface area contributed by atoms with Gasteiger partial charge in [0.05, 0.1) is 17.2 Å². The zero-order valence-corrected chi connectivity index (χ0v) is 17.5. The Labute approximate surface area is 171 Å². The number of benzene rings is 1. The van der Waals surface area contributed by atoms with Crippen LogP contribution in [-0.4, -0.2) is 50.8 Å². The minimum absolute atomic E-state index is 0.00741. The van der Waals surface area contributed by atoms with Gasteiger partial charge in [0.2, 0.25) is 11.8 Å². The molecule has 7 nitrogen and oxygen atoms in total. The van der Waals surface area contributed by atoms with Gasteiger partial charge < -0.3 is 14.8 Å². The molecular weight excluding hydrogens is 394 g/mol. The monoisotopic (exact) mass is 415 g/mol. The van der Waals surface area contributed by atoms with Crippen LogP contribution in [-0.2, 0) is 16.6 Å². The first-order chi connectivity index (χ1) is 13.4. The maximum absolute atomic E-state index is 12.4. The lowest BCUT2D eigenvalue weighted by Gasteiger charge is -2.16. The highest BCUT2D eigenvalue weighted by molar-refractivity contribution is 7.99. The van der Waals surface area contributed by atoms with Crippen LogP contribution in [0.3, 0.4) is 0 Å². The second-order valence-corrected chi connectivity index (χ2v) is 8.19. The number of hydrogen-bond acceptors (Lipinski definition) is 6. The zero-order valence-electron chi connectivity index (χ0n) is 15.9. The first-order valence-corrected chi connectivity index (χ1v) is 10.5. The Bertz CT molecular complexity index is 951. The first-order valence-electron chi connectivity index (χ1n) is 8.60. The van der Waals surface area contributed by atoms with E-state index in [0.717, 1.165) is 16.3 Å². The van der Waals surface area contributed by atoms with E-state index < -0.39 is 0 Å². The summed E-state index contributed by atoms with van der Waals surface area (Å²) in [7, 11) is 3.49. The molecule has 0 unspecified atom stereocenters. The fraction of sp³-hybridized carbons (Fsp3) is 0.263. The van der Waals surface area contributed by atoms with Crippen LogP contribution in [0.15, 0.2) is 46.9 Å². The zero-order chi connectivity index (χ0) is 20.1. The maximum Gasteiger partial charge on any atom is 0.243 e. The van der Waals surface area contributed by atoms with Crippen LogP contribution in [0.25, 0.3) is 10.7 Å². The second-order valence-electron chi connectivity index (χ2n) is 6.30. The molecule has 0 radical (unpaired) electrons. The van der Waals surface area contributed by atoms with E-state index in [2.05, 4.69) is 15.5 Å². The van der Waals surface area contributed by atoms with Crippen LogP contribution in [0.5, 0.6) is 0 Å². The van der Waals surface area contributed by atoms with Crippen LogP contribution in [0, 0.1) is 6.92 Å². The summed E-state index contributed by atoms with van der Waals surface area (Å²) in [5.41, 5.74) is 1.83. The van der Waals surface area contributed by atoms with E-state index in [-0.39, 0.29) is 24.1 Å². The number of carbonyl (C=O) groups is 2. The van der Waals surface area contributed by atoms with Gasteiger partial charge in [0.15, 0.2) is 11.0 Å². The summed E-state index contributed by atoms with van der Waals surface area (Å²) >= 11 is 2.89. The number of nitrogens with one attached hydrogen (secondary N) is 1. The van der Waals surface area contributed by atoms with Crippen molar-refractivity contribution < 1.29 is 9.59 Å². The van der Waals surface area contributed by atoms with Gasteiger partial charge in [-0.25, -0.2) is 0 Å². The summed E-state index contributed by atoms with van der Waals surface area (Å²) in [4.78, 5) is 26.9. The normalized spacial score (nSPS) is 10.7. The minimum Gasteiger partial charge on any atom is -0.336 e. The van der Waals surface area contributed by atoms with Gasteiger partial charge in [-0.15, -0.1) is 21.5 Å². The molecule has 28 heavy (non-hydrogen) atoms. The van der Waals surface area contributed by atoms with Gasteiger partial charge in [0, 0.05) is 19.8 Å². The highest BCUT2D eigenvalue weighted by Gasteiger charge is 2.17. The topological polar surface area (TPSA) is 80.1 Å². The van der Waals surface area contributed by atoms with Crippen molar-refractivity contribution in [2.45, 2.75) is 12.1 Å². The third-order valence-corrected chi connectivity index (χ3v) is 5.91. The highest BCUT2D eigenvalue weighted by Crippen LogP contribution is 2.26. The van der Waals surface area contributed by atoms with Gasteiger partial charge >= 0.3 is 0 Å². The lowest BCUT2D eigenvalue weighted by Crippen LogP contribution is -2.36. The van der Waals surface area contributed by atoms with Gasteiger partial charge in [-0.2, -0.15) is 0 Å². The van der Waals surface area contributed by atoms with Crippen molar-refractivity contribution in [1.29, 1.82) is 0 Å². The molecule has 0 fully saturated rings. The van der Waals surface area contributed by atoms with Gasteiger partial charge in [-0.3, -0.25) is 9.59 Å². The van der Waals surface area contributed by atoms with Gasteiger partial charge in [-0.1, -0.05) is 35.5 Å². The predicted octanol–water partition coefficient (Wildman–Crippen LogP) is 3.04. The smallest absolute Gasteiger partial charge is 0.243 e. The summed E-state index contributed by atoms with van der Waals surface area (Å²) in [5, 5.41) is 13.8. The van der Waals surface area contributed by atoms with Crippen molar-refractivity contribution in [2.24, 2.45) is 7.05 Å². The number of aryl methyl sites for hydroxylation is 1. The van der Waals surface area contributed by atoms with Crippen molar-refractivity contribution >= 4 is 40.6 Å². The highest BCUT2D eigenvalue weighted by atomic mass is 32.2. The van der Waals surface area contributed by atoms with E-state index in [1.165, 1.54) is 16.7 Å². The average Bonchev–Trinajstić information content (AvgIpc) is 3.31. The van der Waals surface area contributed by atoms with E-state index in [0.29, 0.717) is 10.8 Å². The SMILES string of the molecule is Cc1ccc(NC(=O)CN(C)C(=O)CSc2nnc(-c3cccs3)n2C)cc1. The molecule has 0 spiro atoms. The number of carbonyl (C=O) groups excluding carboxylic acids is 2. The maximum atomic E-state index is 12.4. The molecule has 146 valence electrons. The Morgan fingerprint density at radius 3 is 2.64 bits per heavy atom. The first kappa shape index (κ1) is 20.1. The Balaban J connectivity index is 1.50. The fourth-order valence-corrected chi connectivity index (χ4v) is 4.03. The molecule has 2 heterocycles. The van der Waals surface area contributed by atoms with Crippen molar-refractivity contribution in [3.8, 4) is 10.7 Å². The van der Waals surface area contributed by atoms with Crippen LogP contribution in [0.2, 0.25) is 0 Å².